The van der Waals surface area contributed by atoms with Gasteiger partial charge in [-0.3, -0.25) is 14.4 Å². The molecule has 0 bridgehead atoms. The van der Waals surface area contributed by atoms with Crippen molar-refractivity contribution in [1.29, 1.82) is 0 Å². The molecule has 0 aliphatic carbocycles. The van der Waals surface area contributed by atoms with Gasteiger partial charge in [0.05, 0.1) is 12.5 Å². The van der Waals surface area contributed by atoms with E-state index in [2.05, 4.69) is 10.6 Å². The van der Waals surface area contributed by atoms with Gasteiger partial charge in [0.25, 0.3) is 5.91 Å². The third-order valence-electron chi connectivity index (χ3n) is 4.18. The van der Waals surface area contributed by atoms with Gasteiger partial charge in [0.15, 0.2) is 6.61 Å². The first-order valence-electron chi connectivity index (χ1n) is 8.80. The molecular weight excluding hydrogens is 380 g/mol. The summed E-state index contributed by atoms with van der Waals surface area (Å²) in [4.78, 5) is 35.6. The summed E-state index contributed by atoms with van der Waals surface area (Å²) >= 11 is 5.87. The van der Waals surface area contributed by atoms with Crippen LogP contribution in [0.4, 0.5) is 5.69 Å². The Labute approximate surface area is 169 Å². The van der Waals surface area contributed by atoms with Crippen molar-refractivity contribution < 1.29 is 19.1 Å². The smallest absolute Gasteiger partial charge is 0.308 e. The topological polar surface area (TPSA) is 84.5 Å². The summed E-state index contributed by atoms with van der Waals surface area (Å²) in [5.74, 6) is -1.30. The lowest BCUT2D eigenvalue weighted by Crippen LogP contribution is -2.29. The largest absolute Gasteiger partial charge is 0.455 e. The normalized spacial score (nSPS) is 11.4. The maximum atomic E-state index is 12.2. The van der Waals surface area contributed by atoms with Gasteiger partial charge in [0.2, 0.25) is 5.91 Å². The second-order valence-corrected chi connectivity index (χ2v) is 6.95. The van der Waals surface area contributed by atoms with Crippen LogP contribution in [-0.2, 0) is 19.1 Å². The maximum Gasteiger partial charge on any atom is 0.308 e. The third kappa shape index (κ3) is 6.70. The van der Waals surface area contributed by atoms with Crippen LogP contribution in [0.25, 0.3) is 0 Å². The highest BCUT2D eigenvalue weighted by molar-refractivity contribution is 6.30. The van der Waals surface area contributed by atoms with Gasteiger partial charge in [-0.2, -0.15) is 0 Å². The van der Waals surface area contributed by atoms with Crippen molar-refractivity contribution in [3.05, 3.63) is 64.2 Å². The summed E-state index contributed by atoms with van der Waals surface area (Å²) in [7, 11) is 0. The van der Waals surface area contributed by atoms with E-state index < -0.39 is 24.5 Å². The first-order chi connectivity index (χ1) is 13.2. The summed E-state index contributed by atoms with van der Waals surface area (Å²) in [5, 5.41) is 5.94. The quantitative estimate of drug-likeness (QED) is 0.691. The SMILES string of the molecule is CC(=O)NC(CC(=O)OCC(=O)Nc1ccc(C)c(C)c1)c1ccc(Cl)cc1. The number of hydrogen-bond acceptors (Lipinski definition) is 4. The molecule has 6 nitrogen and oxygen atoms in total. The van der Waals surface area contributed by atoms with E-state index in [1.54, 1.807) is 30.3 Å². The number of aryl methyl sites for hydroxylation is 2. The summed E-state index contributed by atoms with van der Waals surface area (Å²) < 4.78 is 5.06. The molecule has 1 atom stereocenters. The van der Waals surface area contributed by atoms with Crippen molar-refractivity contribution in [3.63, 3.8) is 0 Å². The molecule has 0 heterocycles. The molecule has 0 saturated heterocycles. The minimum atomic E-state index is -0.594. The molecular formula is C21H23ClN2O4. The summed E-state index contributed by atoms with van der Waals surface area (Å²) in [6.07, 6.45) is -0.0991. The summed E-state index contributed by atoms with van der Waals surface area (Å²) in [6.45, 7) is 4.89. The van der Waals surface area contributed by atoms with Crippen molar-refractivity contribution in [2.24, 2.45) is 0 Å². The number of halogens is 1. The Kier molecular flexibility index (Phi) is 7.58. The van der Waals surface area contributed by atoms with Crippen LogP contribution in [0.3, 0.4) is 0 Å². The molecule has 148 valence electrons. The van der Waals surface area contributed by atoms with Gasteiger partial charge in [-0.05, 0) is 54.8 Å². The molecule has 2 aromatic rings. The van der Waals surface area contributed by atoms with E-state index in [1.165, 1.54) is 6.92 Å². The minimum absolute atomic E-state index is 0.0991. The van der Waals surface area contributed by atoms with Crippen LogP contribution >= 0.6 is 11.6 Å². The van der Waals surface area contributed by atoms with Gasteiger partial charge in [0, 0.05) is 17.6 Å². The number of anilines is 1. The fourth-order valence-electron chi connectivity index (χ4n) is 2.58. The molecule has 7 heteroatoms. The Hall–Kier alpha value is -2.86. The van der Waals surface area contributed by atoms with Gasteiger partial charge >= 0.3 is 5.97 Å². The van der Waals surface area contributed by atoms with Gasteiger partial charge in [-0.15, -0.1) is 0 Å². The highest BCUT2D eigenvalue weighted by Gasteiger charge is 2.19. The van der Waals surface area contributed by atoms with Crippen molar-refractivity contribution in [2.75, 3.05) is 11.9 Å². The Morgan fingerprint density at radius 1 is 1.04 bits per heavy atom. The minimum Gasteiger partial charge on any atom is -0.455 e. The zero-order valence-electron chi connectivity index (χ0n) is 16.0. The van der Waals surface area contributed by atoms with Crippen molar-refractivity contribution in [2.45, 2.75) is 33.2 Å². The zero-order valence-corrected chi connectivity index (χ0v) is 16.8. The molecule has 0 fully saturated rings. The predicted molar refractivity (Wildman–Crippen MR) is 108 cm³/mol. The first-order valence-corrected chi connectivity index (χ1v) is 9.17. The Morgan fingerprint density at radius 3 is 2.32 bits per heavy atom. The zero-order chi connectivity index (χ0) is 20.7. The number of amides is 2. The number of carbonyl (C=O) groups is 3. The van der Waals surface area contributed by atoms with Crippen molar-refractivity contribution in [1.82, 2.24) is 5.32 Å². The number of nitrogens with one attached hydrogen (secondary N) is 2. The summed E-state index contributed by atoms with van der Waals surface area (Å²) in [6, 6.07) is 11.8. The molecule has 0 aliphatic rings. The molecule has 28 heavy (non-hydrogen) atoms. The highest BCUT2D eigenvalue weighted by Crippen LogP contribution is 2.20. The molecule has 0 spiro atoms. The number of ether oxygens (including phenoxy) is 1. The van der Waals surface area contributed by atoms with Crippen LogP contribution in [0.15, 0.2) is 42.5 Å². The second-order valence-electron chi connectivity index (χ2n) is 6.52. The Bertz CT molecular complexity index is 865. The molecule has 2 rings (SSSR count). The number of esters is 1. The monoisotopic (exact) mass is 402 g/mol. The van der Waals surface area contributed by atoms with Crippen LogP contribution in [0.1, 0.15) is 36.1 Å². The predicted octanol–water partition coefficient (Wildman–Crippen LogP) is 3.71. The molecule has 2 aromatic carbocycles. The summed E-state index contributed by atoms with van der Waals surface area (Å²) in [5.41, 5.74) is 3.53. The number of benzene rings is 2. The third-order valence-corrected chi connectivity index (χ3v) is 4.43. The van der Waals surface area contributed by atoms with Gasteiger partial charge in [-0.25, -0.2) is 0 Å². The van der Waals surface area contributed by atoms with E-state index >= 15 is 0 Å². The maximum absolute atomic E-state index is 12.2. The molecule has 1 unspecified atom stereocenters. The van der Waals surface area contributed by atoms with E-state index in [1.807, 2.05) is 26.0 Å². The van der Waals surface area contributed by atoms with Crippen LogP contribution in [0, 0.1) is 13.8 Å². The molecule has 2 amide bonds. The van der Waals surface area contributed by atoms with Crippen molar-refractivity contribution in [3.8, 4) is 0 Å². The van der Waals surface area contributed by atoms with Crippen molar-refractivity contribution >= 4 is 35.1 Å². The van der Waals surface area contributed by atoms with Gasteiger partial charge in [-0.1, -0.05) is 29.8 Å². The van der Waals surface area contributed by atoms with E-state index in [9.17, 15) is 14.4 Å². The fourth-order valence-corrected chi connectivity index (χ4v) is 2.71. The standard InChI is InChI=1S/C21H23ClN2O4/c1-13-4-9-18(10-14(13)2)24-20(26)12-28-21(27)11-19(23-15(3)25)16-5-7-17(22)8-6-16/h4-10,19H,11-12H2,1-3H3,(H,23,25)(H,24,26). The Balaban J connectivity index is 1.90. The fraction of sp³-hybridized carbons (Fsp3) is 0.286. The number of hydrogen-bond donors (Lipinski definition) is 2. The average Bonchev–Trinajstić information content (AvgIpc) is 2.63. The van der Waals surface area contributed by atoms with E-state index in [-0.39, 0.29) is 12.3 Å². The lowest BCUT2D eigenvalue weighted by molar-refractivity contribution is -0.148. The molecule has 2 N–H and O–H groups in total. The van der Waals surface area contributed by atoms with Crippen LogP contribution in [0.2, 0.25) is 5.02 Å². The molecule has 0 saturated carbocycles. The van der Waals surface area contributed by atoms with E-state index in [4.69, 9.17) is 16.3 Å². The highest BCUT2D eigenvalue weighted by atomic mass is 35.5. The Morgan fingerprint density at radius 2 is 1.71 bits per heavy atom. The van der Waals surface area contributed by atoms with Crippen LogP contribution < -0.4 is 10.6 Å². The second kappa shape index (κ2) is 9.90. The lowest BCUT2D eigenvalue weighted by Gasteiger charge is -2.17. The van der Waals surface area contributed by atoms with Gasteiger partial charge in [0.1, 0.15) is 0 Å². The lowest BCUT2D eigenvalue weighted by atomic mass is 10.0. The molecule has 0 radical (unpaired) electrons. The average molecular weight is 403 g/mol. The van der Waals surface area contributed by atoms with Crippen LogP contribution in [-0.4, -0.2) is 24.4 Å². The van der Waals surface area contributed by atoms with Gasteiger partial charge < -0.3 is 15.4 Å². The number of carbonyl (C=O) groups excluding carboxylic acids is 3. The first kappa shape index (κ1) is 21.4. The van der Waals surface area contributed by atoms with E-state index in [0.717, 1.165) is 16.7 Å². The van der Waals surface area contributed by atoms with Crippen LogP contribution in [0.5, 0.6) is 0 Å². The molecule has 0 aliphatic heterocycles. The molecule has 0 aromatic heterocycles. The van der Waals surface area contributed by atoms with E-state index in [0.29, 0.717) is 10.7 Å². The number of rotatable bonds is 7.